The highest BCUT2D eigenvalue weighted by Crippen LogP contribution is 2.19. The molecule has 1 amide bonds. The minimum atomic E-state index is -3.64. The van der Waals surface area contributed by atoms with Crippen molar-refractivity contribution in [3.63, 3.8) is 0 Å². The Balaban J connectivity index is 1.58. The molecule has 1 heterocycles. The second-order valence-electron chi connectivity index (χ2n) is 6.78. The molecular formula is C20H25N3O3S. The van der Waals surface area contributed by atoms with Crippen LogP contribution in [0.3, 0.4) is 0 Å². The average Bonchev–Trinajstić information content (AvgIpc) is 2.65. The molecule has 0 radical (unpaired) electrons. The number of rotatable bonds is 6. The molecule has 7 heteroatoms. The Bertz CT molecular complexity index is 867. The van der Waals surface area contributed by atoms with Crippen molar-refractivity contribution in [3.8, 4) is 0 Å². The van der Waals surface area contributed by atoms with E-state index in [2.05, 4.69) is 5.32 Å². The van der Waals surface area contributed by atoms with Gasteiger partial charge in [-0.3, -0.25) is 4.79 Å². The van der Waals surface area contributed by atoms with E-state index in [-0.39, 0.29) is 12.5 Å². The van der Waals surface area contributed by atoms with Crippen molar-refractivity contribution < 1.29 is 13.2 Å². The molecule has 0 bridgehead atoms. The highest BCUT2D eigenvalue weighted by Gasteiger charge is 2.34. The molecule has 144 valence electrons. The lowest BCUT2D eigenvalue weighted by Crippen LogP contribution is -2.52. The number of benzene rings is 2. The summed E-state index contributed by atoms with van der Waals surface area (Å²) in [5.41, 5.74) is 3.08. The number of aryl methyl sites for hydroxylation is 1. The van der Waals surface area contributed by atoms with E-state index in [0.717, 1.165) is 16.7 Å². The van der Waals surface area contributed by atoms with Crippen molar-refractivity contribution >= 4 is 16.1 Å². The zero-order chi connectivity index (χ0) is 19.3. The molecule has 0 spiro atoms. The molecule has 1 fully saturated rings. The molecule has 6 nitrogen and oxygen atoms in total. The van der Waals surface area contributed by atoms with Crippen LogP contribution in [-0.2, 0) is 28.1 Å². The van der Waals surface area contributed by atoms with Gasteiger partial charge in [0.2, 0.25) is 5.91 Å². The van der Waals surface area contributed by atoms with Crippen molar-refractivity contribution in [2.45, 2.75) is 26.4 Å². The second kappa shape index (κ2) is 8.65. The highest BCUT2D eigenvalue weighted by molar-refractivity contribution is 7.86. The van der Waals surface area contributed by atoms with Gasteiger partial charge in [-0.2, -0.15) is 17.0 Å². The van der Waals surface area contributed by atoms with E-state index in [0.29, 0.717) is 32.6 Å². The molecule has 2 aromatic carbocycles. The molecule has 1 saturated heterocycles. The Labute approximate surface area is 161 Å². The van der Waals surface area contributed by atoms with Crippen LogP contribution in [0.1, 0.15) is 23.1 Å². The zero-order valence-corrected chi connectivity index (χ0v) is 16.3. The van der Waals surface area contributed by atoms with Gasteiger partial charge in [-0.25, -0.2) is 0 Å². The van der Waals surface area contributed by atoms with E-state index in [1.54, 1.807) is 0 Å². The maximum atomic E-state index is 12.8. The minimum absolute atomic E-state index is 0.153. The van der Waals surface area contributed by atoms with Gasteiger partial charge in [0.25, 0.3) is 10.2 Å². The zero-order valence-electron chi connectivity index (χ0n) is 15.5. The van der Waals surface area contributed by atoms with E-state index in [1.807, 2.05) is 61.5 Å². The minimum Gasteiger partial charge on any atom is -0.351 e. The summed E-state index contributed by atoms with van der Waals surface area (Å²) in [4.78, 5) is 12.3. The quantitative estimate of drug-likeness (QED) is 0.825. The van der Waals surface area contributed by atoms with E-state index < -0.39 is 10.2 Å². The molecule has 0 atom stereocenters. The average molecular weight is 388 g/mol. The lowest BCUT2D eigenvalue weighted by molar-refractivity contribution is -0.121. The molecule has 1 aliphatic heterocycles. The summed E-state index contributed by atoms with van der Waals surface area (Å²) in [6.45, 7) is 3.40. The van der Waals surface area contributed by atoms with E-state index in [9.17, 15) is 13.2 Å². The van der Waals surface area contributed by atoms with Gasteiger partial charge < -0.3 is 5.32 Å². The third-order valence-corrected chi connectivity index (χ3v) is 6.53. The molecule has 0 aliphatic carbocycles. The second-order valence-corrected chi connectivity index (χ2v) is 8.70. The van der Waals surface area contributed by atoms with Crippen LogP contribution in [0.5, 0.6) is 0 Å². The van der Waals surface area contributed by atoms with Crippen LogP contribution in [0.25, 0.3) is 0 Å². The Morgan fingerprint density at radius 3 is 2.33 bits per heavy atom. The maximum absolute atomic E-state index is 12.8. The molecule has 0 aromatic heterocycles. The summed E-state index contributed by atoms with van der Waals surface area (Å²) in [5, 5.41) is 2.80. The third kappa shape index (κ3) is 5.15. The first kappa shape index (κ1) is 19.5. The van der Waals surface area contributed by atoms with Crippen molar-refractivity contribution in [3.05, 3.63) is 71.3 Å². The molecular weight excluding hydrogens is 362 g/mol. The summed E-state index contributed by atoms with van der Waals surface area (Å²) in [7, 11) is -3.64. The molecule has 2 aromatic rings. The van der Waals surface area contributed by atoms with Crippen molar-refractivity contribution in [2.24, 2.45) is 0 Å². The number of carbonyl (C=O) groups is 1. The molecule has 0 unspecified atom stereocenters. The lowest BCUT2D eigenvalue weighted by atomic mass is 10.1. The number of nitrogens with one attached hydrogen (secondary N) is 1. The smallest absolute Gasteiger partial charge is 0.282 e. The summed E-state index contributed by atoms with van der Waals surface area (Å²) in [5.74, 6) is -0.291. The van der Waals surface area contributed by atoms with Crippen LogP contribution in [0.4, 0.5) is 0 Å². The largest absolute Gasteiger partial charge is 0.351 e. The summed E-state index contributed by atoms with van der Waals surface area (Å²) >= 11 is 0. The van der Waals surface area contributed by atoms with Crippen LogP contribution in [0.15, 0.2) is 54.6 Å². The lowest BCUT2D eigenvalue weighted by Gasteiger charge is -2.34. The maximum Gasteiger partial charge on any atom is 0.282 e. The van der Waals surface area contributed by atoms with Gasteiger partial charge in [0.15, 0.2) is 0 Å². The predicted molar refractivity (Wildman–Crippen MR) is 105 cm³/mol. The SMILES string of the molecule is Cc1ccc(CNC(=O)CN2CCCN(Cc3ccccc3)S2(=O)=O)cc1. The molecule has 1 N–H and O–H groups in total. The van der Waals surface area contributed by atoms with Crippen molar-refractivity contribution in [1.29, 1.82) is 0 Å². The Morgan fingerprint density at radius 1 is 0.963 bits per heavy atom. The topological polar surface area (TPSA) is 69.7 Å². The van der Waals surface area contributed by atoms with Gasteiger partial charge in [0.1, 0.15) is 0 Å². The van der Waals surface area contributed by atoms with Gasteiger partial charge in [0, 0.05) is 26.2 Å². The van der Waals surface area contributed by atoms with Crippen LogP contribution in [0.2, 0.25) is 0 Å². The van der Waals surface area contributed by atoms with Gasteiger partial charge in [-0.1, -0.05) is 60.2 Å². The standard InChI is InChI=1S/C20H25N3O3S/c1-17-8-10-18(11-9-17)14-21-20(24)16-23-13-5-12-22(27(23,25)26)15-19-6-3-2-4-7-19/h2-4,6-11H,5,12-16H2,1H3,(H,21,24). The number of nitrogens with zero attached hydrogens (tertiary/aromatic N) is 2. The van der Waals surface area contributed by atoms with E-state index in [1.165, 1.54) is 8.61 Å². The molecule has 3 rings (SSSR count). The first-order chi connectivity index (χ1) is 12.9. The van der Waals surface area contributed by atoms with Crippen LogP contribution in [0, 0.1) is 6.92 Å². The number of carbonyl (C=O) groups excluding carboxylic acids is 1. The summed E-state index contributed by atoms with van der Waals surface area (Å²) in [6.07, 6.45) is 0.706. The summed E-state index contributed by atoms with van der Waals surface area (Å²) < 4.78 is 28.4. The Kier molecular flexibility index (Phi) is 6.26. The number of amides is 1. The van der Waals surface area contributed by atoms with Gasteiger partial charge in [-0.05, 0) is 24.5 Å². The third-order valence-electron chi connectivity index (χ3n) is 4.60. The normalized spacial score (nSPS) is 17.5. The first-order valence-electron chi connectivity index (χ1n) is 9.06. The highest BCUT2D eigenvalue weighted by atomic mass is 32.2. The molecule has 1 aliphatic rings. The van der Waals surface area contributed by atoms with Crippen LogP contribution < -0.4 is 5.32 Å². The number of hydrogen-bond acceptors (Lipinski definition) is 3. The fourth-order valence-electron chi connectivity index (χ4n) is 3.05. The van der Waals surface area contributed by atoms with Crippen LogP contribution >= 0.6 is 0 Å². The van der Waals surface area contributed by atoms with E-state index >= 15 is 0 Å². The van der Waals surface area contributed by atoms with Gasteiger partial charge in [-0.15, -0.1) is 0 Å². The van der Waals surface area contributed by atoms with Crippen molar-refractivity contribution in [2.75, 3.05) is 19.6 Å². The first-order valence-corrected chi connectivity index (χ1v) is 10.5. The van der Waals surface area contributed by atoms with E-state index in [4.69, 9.17) is 0 Å². The fourth-order valence-corrected chi connectivity index (χ4v) is 4.69. The monoisotopic (exact) mass is 387 g/mol. The van der Waals surface area contributed by atoms with Crippen molar-refractivity contribution in [1.82, 2.24) is 13.9 Å². The predicted octanol–water partition coefficient (Wildman–Crippen LogP) is 2.06. The fraction of sp³-hybridized carbons (Fsp3) is 0.350. The Morgan fingerprint density at radius 2 is 1.63 bits per heavy atom. The van der Waals surface area contributed by atoms with Crippen LogP contribution in [-0.4, -0.2) is 42.6 Å². The molecule has 0 saturated carbocycles. The summed E-state index contributed by atoms with van der Waals surface area (Å²) in [6, 6.07) is 17.4. The van der Waals surface area contributed by atoms with Gasteiger partial charge >= 0.3 is 0 Å². The van der Waals surface area contributed by atoms with Gasteiger partial charge in [0.05, 0.1) is 6.54 Å². The number of hydrogen-bond donors (Lipinski definition) is 1. The molecule has 27 heavy (non-hydrogen) atoms. The Hall–Kier alpha value is -2.22.